The van der Waals surface area contributed by atoms with E-state index in [1.54, 1.807) is 6.07 Å². The summed E-state index contributed by atoms with van der Waals surface area (Å²) in [6, 6.07) is 3.59. The Morgan fingerprint density at radius 2 is 1.79 bits per heavy atom. The van der Waals surface area contributed by atoms with E-state index in [0.717, 1.165) is 29.5 Å². The van der Waals surface area contributed by atoms with Crippen LogP contribution in [-0.4, -0.2) is 14.5 Å². The maximum atomic E-state index is 12.4. The molecule has 1 aromatic carbocycles. The summed E-state index contributed by atoms with van der Waals surface area (Å²) >= 11 is 0. The molecule has 3 N–H and O–H groups in total. The number of rotatable bonds is 6. The number of hydrogen-bond acceptors (Lipinski definition) is 3. The SMILES string of the molecule is CCC(CC)NS(=O)(=O)c1cc(CN)cc(C)c1C. The molecule has 5 heteroatoms. The molecule has 1 aromatic rings. The second-order valence-electron chi connectivity index (χ2n) is 4.87. The van der Waals surface area contributed by atoms with E-state index in [1.165, 1.54) is 0 Å². The van der Waals surface area contributed by atoms with Gasteiger partial charge in [-0.05, 0) is 49.4 Å². The first-order valence-electron chi connectivity index (χ1n) is 6.68. The van der Waals surface area contributed by atoms with Gasteiger partial charge in [0, 0.05) is 12.6 Å². The van der Waals surface area contributed by atoms with Gasteiger partial charge in [-0.25, -0.2) is 13.1 Å². The van der Waals surface area contributed by atoms with Crippen molar-refractivity contribution in [1.82, 2.24) is 4.72 Å². The lowest BCUT2D eigenvalue weighted by atomic mass is 10.1. The number of nitrogens with two attached hydrogens (primary N) is 1. The van der Waals surface area contributed by atoms with Crippen molar-refractivity contribution in [3.05, 3.63) is 28.8 Å². The summed E-state index contributed by atoms with van der Waals surface area (Å²) in [4.78, 5) is 0.347. The van der Waals surface area contributed by atoms with Crippen LogP contribution in [0.4, 0.5) is 0 Å². The van der Waals surface area contributed by atoms with Crippen LogP contribution in [0.2, 0.25) is 0 Å². The fourth-order valence-electron chi connectivity index (χ4n) is 2.03. The summed E-state index contributed by atoms with van der Waals surface area (Å²) in [5.74, 6) is 0. The topological polar surface area (TPSA) is 72.2 Å². The molecule has 1 rings (SSSR count). The first-order chi connectivity index (χ1) is 8.85. The lowest BCUT2D eigenvalue weighted by Crippen LogP contribution is -2.34. The van der Waals surface area contributed by atoms with Gasteiger partial charge in [0.2, 0.25) is 10.0 Å². The molecule has 0 amide bonds. The fourth-order valence-corrected chi connectivity index (χ4v) is 3.80. The Labute approximate surface area is 116 Å². The van der Waals surface area contributed by atoms with Crippen LogP contribution in [0.5, 0.6) is 0 Å². The summed E-state index contributed by atoms with van der Waals surface area (Å²) in [7, 11) is -3.48. The molecule has 0 saturated heterocycles. The minimum Gasteiger partial charge on any atom is -0.326 e. The van der Waals surface area contributed by atoms with E-state index in [2.05, 4.69) is 4.72 Å². The lowest BCUT2D eigenvalue weighted by Gasteiger charge is -2.18. The maximum absolute atomic E-state index is 12.4. The molecular formula is C14H24N2O2S. The highest BCUT2D eigenvalue weighted by atomic mass is 32.2. The molecule has 108 valence electrons. The summed E-state index contributed by atoms with van der Waals surface area (Å²) in [6.45, 7) is 8.03. The molecule has 19 heavy (non-hydrogen) atoms. The van der Waals surface area contributed by atoms with Crippen LogP contribution in [0.3, 0.4) is 0 Å². The monoisotopic (exact) mass is 284 g/mol. The van der Waals surface area contributed by atoms with Crippen molar-refractivity contribution in [1.29, 1.82) is 0 Å². The third-order valence-corrected chi connectivity index (χ3v) is 5.16. The predicted molar refractivity (Wildman–Crippen MR) is 78.5 cm³/mol. The second-order valence-corrected chi connectivity index (χ2v) is 6.56. The van der Waals surface area contributed by atoms with Gasteiger partial charge in [0.05, 0.1) is 4.90 Å². The predicted octanol–water partition coefficient (Wildman–Crippen LogP) is 2.23. The van der Waals surface area contributed by atoms with Gasteiger partial charge in [-0.3, -0.25) is 0 Å². The molecule has 0 radical (unpaired) electrons. The summed E-state index contributed by atoms with van der Waals surface area (Å²) in [5, 5.41) is 0. The maximum Gasteiger partial charge on any atom is 0.241 e. The fraction of sp³-hybridized carbons (Fsp3) is 0.571. The molecular weight excluding hydrogens is 260 g/mol. The zero-order valence-corrected chi connectivity index (χ0v) is 13.0. The average molecular weight is 284 g/mol. The minimum absolute atomic E-state index is 0.0220. The van der Waals surface area contributed by atoms with Crippen molar-refractivity contribution in [2.45, 2.75) is 58.0 Å². The Kier molecular flexibility index (Phi) is 5.52. The van der Waals surface area contributed by atoms with Gasteiger partial charge in [0.1, 0.15) is 0 Å². The molecule has 0 atom stereocenters. The van der Waals surface area contributed by atoms with Gasteiger partial charge >= 0.3 is 0 Å². The van der Waals surface area contributed by atoms with Gasteiger partial charge in [-0.15, -0.1) is 0 Å². The highest BCUT2D eigenvalue weighted by Crippen LogP contribution is 2.21. The van der Waals surface area contributed by atoms with Crippen molar-refractivity contribution in [3.8, 4) is 0 Å². The van der Waals surface area contributed by atoms with E-state index in [4.69, 9.17) is 5.73 Å². The number of nitrogens with one attached hydrogen (secondary N) is 1. The van der Waals surface area contributed by atoms with Crippen LogP contribution in [0.1, 0.15) is 43.4 Å². The largest absolute Gasteiger partial charge is 0.326 e. The first-order valence-corrected chi connectivity index (χ1v) is 8.16. The van der Waals surface area contributed by atoms with E-state index in [-0.39, 0.29) is 6.04 Å². The molecule has 0 saturated carbocycles. The molecule has 0 aromatic heterocycles. The molecule has 0 unspecified atom stereocenters. The van der Waals surface area contributed by atoms with Crippen LogP contribution in [-0.2, 0) is 16.6 Å². The summed E-state index contributed by atoms with van der Waals surface area (Å²) in [5.41, 5.74) is 8.20. The third-order valence-electron chi connectivity index (χ3n) is 3.51. The Morgan fingerprint density at radius 3 is 2.26 bits per heavy atom. The van der Waals surface area contributed by atoms with E-state index in [9.17, 15) is 8.42 Å². The Morgan fingerprint density at radius 1 is 1.21 bits per heavy atom. The lowest BCUT2D eigenvalue weighted by molar-refractivity contribution is 0.529. The van der Waals surface area contributed by atoms with Gasteiger partial charge < -0.3 is 5.73 Å². The van der Waals surface area contributed by atoms with Crippen LogP contribution in [0.15, 0.2) is 17.0 Å². The van der Waals surface area contributed by atoms with Crippen molar-refractivity contribution in [3.63, 3.8) is 0 Å². The van der Waals surface area contributed by atoms with Crippen molar-refractivity contribution >= 4 is 10.0 Å². The number of aryl methyl sites for hydroxylation is 1. The summed E-state index contributed by atoms with van der Waals surface area (Å²) in [6.07, 6.45) is 1.56. The average Bonchev–Trinajstić information content (AvgIpc) is 2.38. The molecule has 0 aliphatic rings. The Bertz CT molecular complexity index is 535. The third kappa shape index (κ3) is 3.78. The smallest absolute Gasteiger partial charge is 0.241 e. The Balaban J connectivity index is 3.24. The van der Waals surface area contributed by atoms with E-state index in [1.807, 2.05) is 33.8 Å². The van der Waals surface area contributed by atoms with Crippen molar-refractivity contribution in [2.75, 3.05) is 0 Å². The zero-order valence-electron chi connectivity index (χ0n) is 12.2. The highest BCUT2D eigenvalue weighted by molar-refractivity contribution is 7.89. The molecule has 0 spiro atoms. The van der Waals surface area contributed by atoms with E-state index >= 15 is 0 Å². The van der Waals surface area contributed by atoms with Gasteiger partial charge in [0.15, 0.2) is 0 Å². The molecule has 0 fully saturated rings. The summed E-state index contributed by atoms with van der Waals surface area (Å²) < 4.78 is 27.7. The van der Waals surface area contributed by atoms with E-state index in [0.29, 0.717) is 11.4 Å². The molecule has 0 bridgehead atoms. The second kappa shape index (κ2) is 6.50. The van der Waals surface area contributed by atoms with Crippen molar-refractivity contribution < 1.29 is 8.42 Å². The molecule has 0 aliphatic carbocycles. The molecule has 0 aliphatic heterocycles. The van der Waals surface area contributed by atoms with E-state index < -0.39 is 10.0 Å². The highest BCUT2D eigenvalue weighted by Gasteiger charge is 2.21. The number of hydrogen-bond donors (Lipinski definition) is 2. The van der Waals surface area contributed by atoms with Crippen LogP contribution in [0, 0.1) is 13.8 Å². The first kappa shape index (κ1) is 16.1. The molecule has 0 heterocycles. The Hall–Kier alpha value is -0.910. The molecule has 4 nitrogen and oxygen atoms in total. The van der Waals surface area contributed by atoms with Gasteiger partial charge in [-0.1, -0.05) is 19.9 Å². The van der Waals surface area contributed by atoms with Crippen LogP contribution >= 0.6 is 0 Å². The number of sulfonamides is 1. The number of benzene rings is 1. The quantitative estimate of drug-likeness (QED) is 0.841. The van der Waals surface area contributed by atoms with Gasteiger partial charge in [0.25, 0.3) is 0 Å². The van der Waals surface area contributed by atoms with Gasteiger partial charge in [-0.2, -0.15) is 0 Å². The normalized spacial score (nSPS) is 12.1. The van der Waals surface area contributed by atoms with Crippen molar-refractivity contribution in [2.24, 2.45) is 5.73 Å². The van der Waals surface area contributed by atoms with Crippen LogP contribution in [0.25, 0.3) is 0 Å². The standard InChI is InChI=1S/C14H24N2O2S/c1-5-13(6-2)16-19(17,18)14-8-12(9-15)7-10(3)11(14)4/h7-8,13,16H,5-6,9,15H2,1-4H3. The zero-order chi connectivity index (χ0) is 14.6. The minimum atomic E-state index is -3.48. The van der Waals surface area contributed by atoms with Crippen LogP contribution < -0.4 is 10.5 Å².